The number of hydrogen-bond donors (Lipinski definition) is 3. The van der Waals surface area contributed by atoms with E-state index in [4.69, 9.17) is 4.55 Å². The zero-order valence-electron chi connectivity index (χ0n) is 16.1. The molecule has 0 aliphatic carbocycles. The number of carbonyl (C=O) groups is 1. The second kappa shape index (κ2) is 12.2. The van der Waals surface area contributed by atoms with Crippen molar-refractivity contribution in [1.29, 1.82) is 0 Å². The minimum Gasteiger partial charge on any atom is -0.392 e. The number of amidine groups is 1. The number of ketones is 1. The Kier molecular flexibility index (Phi) is 10.8. The summed E-state index contributed by atoms with van der Waals surface area (Å²) >= 11 is 0. The van der Waals surface area contributed by atoms with E-state index in [1.165, 1.54) is 0 Å². The van der Waals surface area contributed by atoms with Gasteiger partial charge in [0.15, 0.2) is 0 Å². The van der Waals surface area contributed by atoms with Crippen molar-refractivity contribution in [3.05, 3.63) is 12.2 Å². The van der Waals surface area contributed by atoms with E-state index >= 15 is 0 Å². The molecule has 1 unspecified atom stereocenters. The second-order valence-electron chi connectivity index (χ2n) is 6.81. The molecule has 156 valence electrons. The van der Waals surface area contributed by atoms with Gasteiger partial charge >= 0.3 is 5.84 Å². The molecule has 0 radical (unpaired) electrons. The summed E-state index contributed by atoms with van der Waals surface area (Å²) in [7, 11) is -4.29. The summed E-state index contributed by atoms with van der Waals surface area (Å²) in [6.07, 6.45) is 8.15. The molecule has 0 aromatic rings. The molecule has 1 aliphatic heterocycles. The molecule has 0 aromatic carbocycles. The second-order valence-corrected chi connectivity index (χ2v) is 8.31. The van der Waals surface area contributed by atoms with Crippen molar-refractivity contribution in [1.82, 2.24) is 4.90 Å². The average Bonchev–Trinajstić information content (AvgIpc) is 2.94. The zero-order valence-corrected chi connectivity index (χ0v) is 16.9. The van der Waals surface area contributed by atoms with Gasteiger partial charge in [-0.05, 0) is 19.3 Å². The van der Waals surface area contributed by atoms with Crippen LogP contribution in [0.2, 0.25) is 0 Å². The van der Waals surface area contributed by atoms with Gasteiger partial charge in [-0.2, -0.15) is 8.42 Å². The molecule has 0 bridgehead atoms. The summed E-state index contributed by atoms with van der Waals surface area (Å²) in [5.41, 5.74) is 0. The number of Topliss-reactive ketones (excluding diaryl/α,β-unsaturated/α-hetero) is 1. The van der Waals surface area contributed by atoms with Crippen molar-refractivity contribution in [3.63, 3.8) is 0 Å². The summed E-state index contributed by atoms with van der Waals surface area (Å²) in [6, 6.07) is 0. The molecule has 0 amide bonds. The summed E-state index contributed by atoms with van der Waals surface area (Å²) < 4.78 is 32.3. The van der Waals surface area contributed by atoms with Crippen molar-refractivity contribution >= 4 is 21.7 Å². The van der Waals surface area contributed by atoms with Crippen molar-refractivity contribution in [3.8, 4) is 0 Å². The molecule has 0 aromatic heterocycles. The Hall–Kier alpha value is -1.29. The number of unbranched alkanes of at least 4 members (excludes halogenated alkanes) is 3. The van der Waals surface area contributed by atoms with Crippen LogP contribution in [0.1, 0.15) is 45.4 Å². The van der Waals surface area contributed by atoms with E-state index in [0.29, 0.717) is 38.3 Å². The molecule has 8 nitrogen and oxygen atoms in total. The van der Waals surface area contributed by atoms with Gasteiger partial charge in [-0.25, -0.2) is 0 Å². The maximum Gasteiger partial charge on any atom is 0.316 e. The minimum absolute atomic E-state index is 0.0558. The molecule has 9 heteroatoms. The Morgan fingerprint density at radius 1 is 1.30 bits per heavy atom. The summed E-state index contributed by atoms with van der Waals surface area (Å²) in [5, 5.41) is 19.1. The van der Waals surface area contributed by atoms with Crippen LogP contribution in [0, 0.1) is 0 Å². The third kappa shape index (κ3) is 9.46. The molecule has 1 atom stereocenters. The van der Waals surface area contributed by atoms with E-state index in [1.54, 1.807) is 9.48 Å². The van der Waals surface area contributed by atoms with E-state index in [1.807, 2.05) is 0 Å². The number of β-amino-alcohol motifs (C(OH)–C–C–N with tert-alkyl or cyclic N) is 2. The Morgan fingerprint density at radius 3 is 2.56 bits per heavy atom. The highest BCUT2D eigenvalue weighted by Crippen LogP contribution is 2.09. The summed E-state index contributed by atoms with van der Waals surface area (Å²) in [5.74, 6) is -0.441. The fourth-order valence-electron chi connectivity index (χ4n) is 3.12. The number of aliphatic hydroxyl groups is 2. The molecular weight excluding hydrogens is 372 g/mol. The third-order valence-electron chi connectivity index (χ3n) is 4.36. The SMILES string of the molecule is CCCC/C=C/CCCC(=O)C1=[N+](CC(O)CS(=O)(=O)O)CCN1CCO. The molecule has 0 saturated heterocycles. The van der Waals surface area contributed by atoms with E-state index in [2.05, 4.69) is 19.1 Å². The normalized spacial score (nSPS) is 16.5. The van der Waals surface area contributed by atoms with Crippen molar-refractivity contribution in [2.45, 2.75) is 51.6 Å². The van der Waals surface area contributed by atoms with Crippen LogP contribution in [0.25, 0.3) is 0 Å². The van der Waals surface area contributed by atoms with Gasteiger partial charge in [0.2, 0.25) is 5.78 Å². The van der Waals surface area contributed by atoms with Crippen molar-refractivity contribution in [2.24, 2.45) is 0 Å². The van der Waals surface area contributed by atoms with Gasteiger partial charge in [-0.15, -0.1) is 0 Å². The van der Waals surface area contributed by atoms with Crippen LogP contribution in [0.4, 0.5) is 0 Å². The lowest BCUT2D eigenvalue weighted by Crippen LogP contribution is -2.40. The monoisotopic (exact) mass is 405 g/mol. The maximum absolute atomic E-state index is 12.7. The number of hydrogen-bond acceptors (Lipinski definition) is 6. The first-order valence-corrected chi connectivity index (χ1v) is 11.2. The van der Waals surface area contributed by atoms with E-state index in [9.17, 15) is 23.4 Å². The van der Waals surface area contributed by atoms with Crippen LogP contribution < -0.4 is 0 Å². The third-order valence-corrected chi connectivity index (χ3v) is 5.16. The van der Waals surface area contributed by atoms with Crippen LogP contribution in [0.5, 0.6) is 0 Å². The van der Waals surface area contributed by atoms with E-state index in [-0.39, 0.29) is 18.9 Å². The molecule has 27 heavy (non-hydrogen) atoms. The van der Waals surface area contributed by atoms with E-state index in [0.717, 1.165) is 25.7 Å². The summed E-state index contributed by atoms with van der Waals surface area (Å²) in [4.78, 5) is 14.4. The number of allylic oxidation sites excluding steroid dienone is 2. The molecule has 0 spiro atoms. The van der Waals surface area contributed by atoms with Gasteiger partial charge in [0.25, 0.3) is 10.1 Å². The first-order chi connectivity index (χ1) is 12.8. The number of carbonyl (C=O) groups excluding carboxylic acids is 1. The molecule has 3 N–H and O–H groups in total. The van der Waals surface area contributed by atoms with Gasteiger partial charge in [-0.1, -0.05) is 31.9 Å². The predicted molar refractivity (Wildman–Crippen MR) is 104 cm³/mol. The topological polar surface area (TPSA) is 118 Å². The standard InChI is InChI=1S/C18H32N2O6S/c1-2-3-4-5-6-7-8-9-17(23)18-19(12-13-21)10-11-20(18)14-16(22)15-27(24,25)26/h5-6,16,21-22H,2-4,7-15H2,1H3/p+1/b6-5+. The molecule has 0 fully saturated rings. The number of rotatable bonds is 14. The van der Waals surface area contributed by atoms with Gasteiger partial charge in [0, 0.05) is 6.42 Å². The Morgan fingerprint density at radius 2 is 1.96 bits per heavy atom. The molecular formula is C18H33N2O6S+. The largest absolute Gasteiger partial charge is 0.392 e. The minimum atomic E-state index is -4.29. The fourth-order valence-corrected chi connectivity index (χ4v) is 3.71. The smallest absolute Gasteiger partial charge is 0.316 e. The first kappa shape index (κ1) is 23.7. The lowest BCUT2D eigenvalue weighted by atomic mass is 10.1. The summed E-state index contributed by atoms with van der Waals surface area (Å²) in [6.45, 7) is 3.28. The van der Waals surface area contributed by atoms with Crippen LogP contribution in [0.15, 0.2) is 12.2 Å². The fraction of sp³-hybridized carbons (Fsp3) is 0.778. The van der Waals surface area contributed by atoms with Crippen LogP contribution >= 0.6 is 0 Å². The average molecular weight is 406 g/mol. The Balaban J connectivity index is 2.69. The van der Waals surface area contributed by atoms with Gasteiger partial charge in [-0.3, -0.25) is 18.8 Å². The number of nitrogens with zero attached hydrogens (tertiary/aromatic N) is 2. The quantitative estimate of drug-likeness (QED) is 0.166. The zero-order chi connectivity index (χ0) is 20.3. The lowest BCUT2D eigenvalue weighted by molar-refractivity contribution is -0.525. The lowest BCUT2D eigenvalue weighted by Gasteiger charge is -2.12. The molecule has 0 saturated carbocycles. The van der Waals surface area contributed by atoms with Crippen LogP contribution in [0.3, 0.4) is 0 Å². The molecule has 1 aliphatic rings. The predicted octanol–water partition coefficient (Wildman–Crippen LogP) is 0.440. The van der Waals surface area contributed by atoms with E-state index < -0.39 is 22.0 Å². The number of aliphatic hydroxyl groups excluding tert-OH is 2. The highest BCUT2D eigenvalue weighted by molar-refractivity contribution is 7.85. The Bertz CT molecular complexity index is 630. The Labute approximate surface area is 161 Å². The van der Waals surface area contributed by atoms with Gasteiger partial charge in [0.05, 0.1) is 6.61 Å². The first-order valence-electron chi connectivity index (χ1n) is 9.57. The van der Waals surface area contributed by atoms with Crippen LogP contribution in [-0.2, 0) is 14.9 Å². The van der Waals surface area contributed by atoms with Gasteiger partial charge in [0.1, 0.15) is 38.0 Å². The van der Waals surface area contributed by atoms with Crippen molar-refractivity contribution in [2.75, 3.05) is 38.5 Å². The highest BCUT2D eigenvalue weighted by Gasteiger charge is 2.36. The molecule has 1 heterocycles. The maximum atomic E-state index is 12.7. The molecule has 1 rings (SSSR count). The highest BCUT2D eigenvalue weighted by atomic mass is 32.2. The van der Waals surface area contributed by atoms with Crippen LogP contribution in [-0.4, -0.2) is 88.9 Å². The van der Waals surface area contributed by atoms with Crippen molar-refractivity contribution < 1.29 is 32.6 Å². The van der Waals surface area contributed by atoms with Gasteiger partial charge < -0.3 is 10.2 Å².